The van der Waals surface area contributed by atoms with Crippen LogP contribution in [-0.2, 0) is 4.74 Å². The highest BCUT2D eigenvalue weighted by Crippen LogP contribution is 2.69. The van der Waals surface area contributed by atoms with Gasteiger partial charge in [0.1, 0.15) is 0 Å². The molecule has 0 radical (unpaired) electrons. The van der Waals surface area contributed by atoms with E-state index in [0.717, 1.165) is 0 Å². The molecule has 4 heterocycles. The van der Waals surface area contributed by atoms with E-state index in [1.807, 2.05) is 12.4 Å². The van der Waals surface area contributed by atoms with Crippen LogP contribution in [-0.4, -0.2) is 65.3 Å². The van der Waals surface area contributed by atoms with Gasteiger partial charge in [0.05, 0.1) is 11.2 Å². The van der Waals surface area contributed by atoms with Crippen molar-refractivity contribution in [3.8, 4) is 0 Å². The zero-order chi connectivity index (χ0) is 24.8. The van der Waals surface area contributed by atoms with Crippen LogP contribution < -0.4 is 0 Å². The van der Waals surface area contributed by atoms with Crippen molar-refractivity contribution < 1.29 is 4.74 Å². The number of fused-ring (bicyclic) bond motifs is 2. The summed E-state index contributed by atoms with van der Waals surface area (Å²) >= 11 is 0. The summed E-state index contributed by atoms with van der Waals surface area (Å²) in [6, 6.07) is 9.95. The van der Waals surface area contributed by atoms with Crippen LogP contribution in [0.15, 0.2) is 60.0 Å². The van der Waals surface area contributed by atoms with Crippen molar-refractivity contribution in [2.45, 2.75) is 81.5 Å². The zero-order valence-corrected chi connectivity index (χ0v) is 22.6. The second kappa shape index (κ2) is 8.00. The molecular weight excluding hydrogens is 454 g/mol. The first-order chi connectivity index (χ1) is 18.0. The quantitative estimate of drug-likeness (QED) is 0.504. The number of nitrogens with zero attached hydrogens (tertiary/aromatic N) is 3. The summed E-state index contributed by atoms with van der Waals surface area (Å²) in [7, 11) is 2.26. The number of hydrogen-bond acceptors (Lipinski definition) is 4. The second-order valence-electron chi connectivity index (χ2n) is 13.4. The van der Waals surface area contributed by atoms with Crippen LogP contribution in [0, 0.1) is 11.3 Å². The molecule has 8 rings (SSSR count). The van der Waals surface area contributed by atoms with Gasteiger partial charge in [0.15, 0.2) is 0 Å². The number of likely N-dealkylation sites (N-methyl/N-ethyl adjacent to an activating group) is 1. The maximum absolute atomic E-state index is 7.57. The van der Waals surface area contributed by atoms with Crippen LogP contribution in [0.4, 0.5) is 0 Å². The van der Waals surface area contributed by atoms with Crippen molar-refractivity contribution in [3.63, 3.8) is 0 Å². The summed E-state index contributed by atoms with van der Waals surface area (Å²) in [5.74, 6) is 1.19. The molecule has 4 nitrogen and oxygen atoms in total. The smallest absolute Gasteiger partial charge is 0.0974 e. The number of hydrogen-bond donors (Lipinski definition) is 0. The van der Waals surface area contributed by atoms with Crippen LogP contribution >= 0.6 is 0 Å². The number of allylic oxidation sites excluding steroid dienone is 1. The highest BCUT2D eigenvalue weighted by molar-refractivity contribution is 5.82. The summed E-state index contributed by atoms with van der Waals surface area (Å²) in [5.41, 5.74) is 4.85. The first-order valence-electron chi connectivity index (χ1n) is 14.9. The third kappa shape index (κ3) is 3.22. The molecule has 1 aromatic heterocycles. The first kappa shape index (κ1) is 22.9. The van der Waals surface area contributed by atoms with E-state index in [-0.39, 0.29) is 16.6 Å². The van der Waals surface area contributed by atoms with Crippen molar-refractivity contribution in [1.82, 2.24) is 14.8 Å². The van der Waals surface area contributed by atoms with Crippen molar-refractivity contribution in [2.75, 3.05) is 33.2 Å². The van der Waals surface area contributed by atoms with Crippen LogP contribution in [0.3, 0.4) is 0 Å². The minimum absolute atomic E-state index is 0.00540. The molecule has 2 saturated heterocycles. The van der Waals surface area contributed by atoms with Gasteiger partial charge in [-0.3, -0.25) is 9.88 Å². The van der Waals surface area contributed by atoms with Crippen LogP contribution in [0.1, 0.15) is 69.8 Å². The zero-order valence-electron chi connectivity index (χ0n) is 22.6. The largest absolute Gasteiger partial charge is 0.359 e. The lowest BCUT2D eigenvalue weighted by molar-refractivity contribution is -0.141. The Morgan fingerprint density at radius 1 is 1.00 bits per heavy atom. The van der Waals surface area contributed by atoms with Gasteiger partial charge in [-0.25, -0.2) is 0 Å². The molecule has 6 aliphatic rings. The molecule has 2 saturated carbocycles. The Bertz CT molecular complexity index is 1310. The summed E-state index contributed by atoms with van der Waals surface area (Å²) in [6.07, 6.45) is 19.1. The third-order valence-electron chi connectivity index (χ3n) is 11.8. The Kier molecular flexibility index (Phi) is 4.96. The summed E-state index contributed by atoms with van der Waals surface area (Å²) in [4.78, 5) is 9.67. The molecule has 3 aliphatic heterocycles. The standard InChI is InChI=1S/C33H41N3O/c1-31-11-9-27-20-26-5-6-28(36-17-15-35(2)16-18-36)21-32(26)12-13-33(27,37-32)30(31)8-7-29(31)24-4-3-23-10-14-34-22-25(23)19-24/h3-4,9-10,14,19-20,22,28-30H,5-8,11-13,15-18,21H2,1-2H3/t28-,29-,30-,31-,32-,33?/m1/s1. The van der Waals surface area contributed by atoms with E-state index in [0.29, 0.717) is 17.9 Å². The lowest BCUT2D eigenvalue weighted by Crippen LogP contribution is -2.57. The van der Waals surface area contributed by atoms with Crippen molar-refractivity contribution in [1.29, 1.82) is 0 Å². The predicted octanol–water partition coefficient (Wildman–Crippen LogP) is 6.09. The molecule has 0 amide bonds. The Hall–Kier alpha value is -2.01. The van der Waals surface area contributed by atoms with Gasteiger partial charge in [0.2, 0.25) is 0 Å². The molecular formula is C33H41N3O. The molecule has 6 atom stereocenters. The van der Waals surface area contributed by atoms with Crippen molar-refractivity contribution in [2.24, 2.45) is 11.3 Å². The fourth-order valence-electron chi connectivity index (χ4n) is 9.75. The number of pyridine rings is 1. The molecule has 1 unspecified atom stereocenters. The second-order valence-corrected chi connectivity index (χ2v) is 13.4. The SMILES string of the molecule is CN1CCN([C@@H]2CCC3=CC4=CC[C@]5(C)[C@@H](c6ccc7ccncc7c6)CC[C@H]5C45CC[C@]3(C2)O5)CC1. The molecule has 37 heavy (non-hydrogen) atoms. The molecule has 2 spiro atoms. The van der Waals surface area contributed by atoms with E-state index >= 15 is 0 Å². The van der Waals surface area contributed by atoms with Gasteiger partial charge in [-0.15, -0.1) is 0 Å². The van der Waals surface area contributed by atoms with Gasteiger partial charge in [-0.1, -0.05) is 31.2 Å². The van der Waals surface area contributed by atoms with E-state index < -0.39 is 0 Å². The molecule has 2 bridgehead atoms. The molecule has 4 heteroatoms. The fraction of sp³-hybridized carbons (Fsp3) is 0.606. The molecule has 1 aromatic carbocycles. The number of rotatable bonds is 2. The molecule has 194 valence electrons. The van der Waals surface area contributed by atoms with E-state index in [1.54, 1.807) is 11.1 Å². The van der Waals surface area contributed by atoms with E-state index in [1.165, 1.54) is 93.9 Å². The van der Waals surface area contributed by atoms with Gasteiger partial charge < -0.3 is 9.64 Å². The molecule has 0 N–H and O–H groups in total. The van der Waals surface area contributed by atoms with Gasteiger partial charge in [-0.2, -0.15) is 0 Å². The Labute approximate surface area is 221 Å². The fourth-order valence-corrected chi connectivity index (χ4v) is 9.75. The predicted molar refractivity (Wildman–Crippen MR) is 149 cm³/mol. The highest BCUT2D eigenvalue weighted by atomic mass is 16.5. The Morgan fingerprint density at radius 2 is 1.89 bits per heavy atom. The third-order valence-corrected chi connectivity index (χ3v) is 11.8. The minimum Gasteiger partial charge on any atom is -0.359 e. The monoisotopic (exact) mass is 495 g/mol. The number of piperazine rings is 1. The average Bonchev–Trinajstić information content (AvgIpc) is 3.43. The number of benzene rings is 1. The van der Waals surface area contributed by atoms with Crippen molar-refractivity contribution >= 4 is 10.8 Å². The summed E-state index contributed by atoms with van der Waals surface area (Å²) < 4.78 is 7.57. The maximum atomic E-state index is 7.57. The minimum atomic E-state index is -0.0618. The summed E-state index contributed by atoms with van der Waals surface area (Å²) in [6.45, 7) is 7.44. The molecule has 3 aliphatic carbocycles. The molecule has 2 aromatic rings. The van der Waals surface area contributed by atoms with Gasteiger partial charge in [-0.05, 0) is 110 Å². The lowest BCUT2D eigenvalue weighted by atomic mass is 9.58. The van der Waals surface area contributed by atoms with Gasteiger partial charge in [0, 0.05) is 50.0 Å². The maximum Gasteiger partial charge on any atom is 0.0974 e. The van der Waals surface area contributed by atoms with Gasteiger partial charge in [0.25, 0.3) is 0 Å². The normalized spacial score (nSPS) is 41.6. The molecule has 4 fully saturated rings. The van der Waals surface area contributed by atoms with E-state index in [2.05, 4.69) is 65.2 Å². The average molecular weight is 496 g/mol. The Morgan fingerprint density at radius 3 is 2.78 bits per heavy atom. The topological polar surface area (TPSA) is 28.6 Å². The van der Waals surface area contributed by atoms with Gasteiger partial charge >= 0.3 is 0 Å². The van der Waals surface area contributed by atoms with E-state index in [4.69, 9.17) is 4.74 Å². The Balaban J connectivity index is 1.12. The highest BCUT2D eigenvalue weighted by Gasteiger charge is 2.66. The van der Waals surface area contributed by atoms with Crippen LogP contribution in [0.25, 0.3) is 10.8 Å². The number of ether oxygens (including phenoxy) is 1. The van der Waals surface area contributed by atoms with Crippen LogP contribution in [0.5, 0.6) is 0 Å². The van der Waals surface area contributed by atoms with Crippen molar-refractivity contribution in [3.05, 3.63) is 65.5 Å². The number of aromatic nitrogens is 1. The summed E-state index contributed by atoms with van der Waals surface area (Å²) in [5, 5.41) is 2.57. The van der Waals surface area contributed by atoms with E-state index in [9.17, 15) is 0 Å². The first-order valence-corrected chi connectivity index (χ1v) is 14.9. The van der Waals surface area contributed by atoms with Crippen LogP contribution in [0.2, 0.25) is 0 Å². The lowest BCUT2D eigenvalue weighted by Gasteiger charge is -2.55.